The Balaban J connectivity index is 1.60. The molecule has 0 aliphatic carbocycles. The predicted molar refractivity (Wildman–Crippen MR) is 154 cm³/mol. The Morgan fingerprint density at radius 1 is 0.897 bits per heavy atom. The molecule has 6 nitrogen and oxygen atoms in total. The van der Waals surface area contributed by atoms with Crippen LogP contribution in [0.25, 0.3) is 11.0 Å². The summed E-state index contributed by atoms with van der Waals surface area (Å²) >= 11 is 1.90. The molecule has 0 atom stereocenters. The average Bonchev–Trinajstić information content (AvgIpc) is 3.32. The van der Waals surface area contributed by atoms with Crippen LogP contribution in [0.2, 0.25) is 0 Å². The first kappa shape index (κ1) is 28.3. The zero-order valence-corrected chi connectivity index (χ0v) is 23.4. The number of esters is 2. The predicted octanol–water partition coefficient (Wildman–Crippen LogP) is 6.72. The van der Waals surface area contributed by atoms with Gasteiger partial charge >= 0.3 is 11.9 Å². The summed E-state index contributed by atoms with van der Waals surface area (Å²) in [6.45, 7) is 3.81. The number of thioether (sulfide) groups is 1. The molecule has 0 aliphatic heterocycles. The van der Waals surface area contributed by atoms with Crippen LogP contribution in [-0.2, 0) is 36.7 Å². The number of carbonyl (C=O) groups excluding carboxylic acids is 2. The molecule has 1 heterocycles. The van der Waals surface area contributed by atoms with Gasteiger partial charge in [0.15, 0.2) is 17.9 Å². The Morgan fingerprint density at radius 3 is 2.18 bits per heavy atom. The highest BCUT2D eigenvalue weighted by Crippen LogP contribution is 2.43. The molecule has 0 saturated heterocycles. The third-order valence-corrected chi connectivity index (χ3v) is 8.14. The van der Waals surface area contributed by atoms with Crippen molar-refractivity contribution in [3.8, 4) is 5.75 Å². The van der Waals surface area contributed by atoms with E-state index in [1.165, 1.54) is 25.2 Å². The summed E-state index contributed by atoms with van der Waals surface area (Å²) < 4.78 is 21.7. The molecule has 39 heavy (non-hydrogen) atoms. The van der Waals surface area contributed by atoms with E-state index in [2.05, 4.69) is 55.5 Å². The Hall–Kier alpha value is -3.71. The molecule has 1 aromatic heterocycles. The Kier molecular flexibility index (Phi) is 9.71. The van der Waals surface area contributed by atoms with Crippen LogP contribution in [0.1, 0.15) is 42.7 Å². The van der Waals surface area contributed by atoms with Crippen molar-refractivity contribution < 1.29 is 28.2 Å². The van der Waals surface area contributed by atoms with Crippen molar-refractivity contribution >= 4 is 34.7 Å². The molecule has 0 bridgehead atoms. The maximum Gasteiger partial charge on any atom is 0.343 e. The van der Waals surface area contributed by atoms with Crippen molar-refractivity contribution in [2.75, 3.05) is 26.1 Å². The second kappa shape index (κ2) is 13.4. The molecule has 0 radical (unpaired) electrons. The number of ether oxygens (including phenoxy) is 3. The minimum absolute atomic E-state index is 0.199. The third-order valence-electron chi connectivity index (χ3n) is 6.68. The van der Waals surface area contributed by atoms with Crippen molar-refractivity contribution in [2.24, 2.45) is 0 Å². The smallest absolute Gasteiger partial charge is 0.343 e. The first-order valence-electron chi connectivity index (χ1n) is 13.0. The molecule has 0 amide bonds. The summed E-state index contributed by atoms with van der Waals surface area (Å²) in [5, 5.41) is 0.960. The molecule has 0 unspecified atom stereocenters. The monoisotopic (exact) mass is 546 g/mol. The minimum atomic E-state index is -0.460. The summed E-state index contributed by atoms with van der Waals surface area (Å²) in [7, 11) is 1.33. The van der Waals surface area contributed by atoms with Gasteiger partial charge in [-0.2, -0.15) is 0 Å². The largest absolute Gasteiger partial charge is 0.478 e. The normalized spacial score (nSPS) is 11.4. The number of hydrogen-bond donors (Lipinski definition) is 0. The second-order valence-electron chi connectivity index (χ2n) is 9.31. The molecule has 4 rings (SSSR count). The van der Waals surface area contributed by atoms with Crippen LogP contribution in [0.3, 0.4) is 0 Å². The lowest BCUT2D eigenvalue weighted by Crippen LogP contribution is -2.20. The van der Waals surface area contributed by atoms with Crippen molar-refractivity contribution in [3.05, 3.63) is 101 Å². The second-order valence-corrected chi connectivity index (χ2v) is 10.8. The topological polar surface area (TPSA) is 75.0 Å². The number of rotatable bonds is 13. The summed E-state index contributed by atoms with van der Waals surface area (Å²) in [5.41, 5.74) is 4.21. The van der Waals surface area contributed by atoms with E-state index in [4.69, 9.17) is 18.6 Å². The molecule has 0 fully saturated rings. The van der Waals surface area contributed by atoms with E-state index in [1.807, 2.05) is 36.0 Å². The van der Waals surface area contributed by atoms with Gasteiger partial charge in [0.1, 0.15) is 5.76 Å². The molecule has 204 valence electrons. The van der Waals surface area contributed by atoms with Crippen LogP contribution in [-0.4, -0.2) is 38.0 Å². The molecule has 3 aromatic carbocycles. The van der Waals surface area contributed by atoms with Gasteiger partial charge < -0.3 is 18.6 Å². The van der Waals surface area contributed by atoms with Crippen molar-refractivity contribution in [1.29, 1.82) is 0 Å². The molecule has 0 saturated carbocycles. The Morgan fingerprint density at radius 2 is 1.56 bits per heavy atom. The fraction of sp³-hybridized carbons (Fsp3) is 0.312. The van der Waals surface area contributed by atoms with Crippen molar-refractivity contribution in [3.63, 3.8) is 0 Å². The third kappa shape index (κ3) is 7.03. The van der Waals surface area contributed by atoms with E-state index in [-0.39, 0.29) is 17.3 Å². The van der Waals surface area contributed by atoms with E-state index in [1.54, 1.807) is 6.07 Å². The summed E-state index contributed by atoms with van der Waals surface area (Å²) in [5.74, 6) is 1.43. The fourth-order valence-electron chi connectivity index (χ4n) is 4.63. The van der Waals surface area contributed by atoms with Gasteiger partial charge in [0.05, 0.1) is 18.5 Å². The molecule has 4 aromatic rings. The summed E-state index contributed by atoms with van der Waals surface area (Å²) in [6, 6.07) is 26.8. The first-order valence-corrected chi connectivity index (χ1v) is 14.0. The molecular formula is C32H34O6S. The zero-order chi connectivity index (χ0) is 27.7. The number of methoxy groups -OCH3 is 1. The lowest BCUT2D eigenvalue weighted by Gasteiger charge is -2.30. The van der Waals surface area contributed by atoms with Gasteiger partial charge in [-0.3, -0.25) is 4.79 Å². The molecule has 0 N–H and O–H groups in total. The first-order chi connectivity index (χ1) is 18.9. The van der Waals surface area contributed by atoms with Crippen LogP contribution in [0.4, 0.5) is 0 Å². The van der Waals surface area contributed by atoms with Crippen molar-refractivity contribution in [2.45, 2.75) is 37.9 Å². The van der Waals surface area contributed by atoms with E-state index >= 15 is 0 Å². The molecule has 0 spiro atoms. The highest BCUT2D eigenvalue weighted by atomic mass is 32.2. The van der Waals surface area contributed by atoms with Gasteiger partial charge in [0.25, 0.3) is 0 Å². The highest BCUT2D eigenvalue weighted by molar-refractivity contribution is 8.00. The van der Waals surface area contributed by atoms with Crippen LogP contribution in [0.5, 0.6) is 5.75 Å². The van der Waals surface area contributed by atoms with Gasteiger partial charge in [-0.15, -0.1) is 11.8 Å². The SMILES string of the molecule is COC(=O)COc1cccc2c(CCSC(C)(c3ccccc3)c3ccccc3)c(CCCOC(C)=O)oc12. The van der Waals surface area contributed by atoms with Gasteiger partial charge in [0, 0.05) is 24.3 Å². The number of aryl methyl sites for hydroxylation is 2. The van der Waals surface area contributed by atoms with Gasteiger partial charge in [0.2, 0.25) is 0 Å². The van der Waals surface area contributed by atoms with E-state index in [9.17, 15) is 9.59 Å². The van der Waals surface area contributed by atoms with Gasteiger partial charge in [-0.1, -0.05) is 72.8 Å². The lowest BCUT2D eigenvalue weighted by atomic mass is 9.92. The van der Waals surface area contributed by atoms with Gasteiger partial charge in [-0.05, 0) is 42.7 Å². The van der Waals surface area contributed by atoms with Gasteiger partial charge in [-0.25, -0.2) is 4.79 Å². The summed E-state index contributed by atoms with van der Waals surface area (Å²) in [4.78, 5) is 22.9. The van der Waals surface area contributed by atoms with E-state index in [0.29, 0.717) is 30.8 Å². The molecule has 0 aliphatic rings. The van der Waals surface area contributed by atoms with Crippen LogP contribution >= 0.6 is 11.8 Å². The fourth-order valence-corrected chi connectivity index (χ4v) is 5.95. The maximum atomic E-state index is 11.7. The number of furan rings is 1. The standard InChI is InChI=1S/C32H34O6S/c1-23(33)36-20-11-18-28-26(27-16-10-17-29(31(27)38-28)37-22-30(34)35-3)19-21-39-32(2,24-12-6-4-7-13-24)25-14-8-5-9-15-25/h4-10,12-17H,11,18-22H2,1-3H3. The van der Waals surface area contributed by atoms with Crippen molar-refractivity contribution in [1.82, 2.24) is 0 Å². The highest BCUT2D eigenvalue weighted by Gasteiger charge is 2.29. The number of carbonyl (C=O) groups is 2. The number of hydrogen-bond acceptors (Lipinski definition) is 7. The number of fused-ring (bicyclic) bond motifs is 1. The Bertz CT molecular complexity index is 1340. The number of benzene rings is 3. The zero-order valence-electron chi connectivity index (χ0n) is 22.6. The van der Waals surface area contributed by atoms with Crippen LogP contribution in [0.15, 0.2) is 83.3 Å². The van der Waals surface area contributed by atoms with E-state index < -0.39 is 5.97 Å². The average molecular weight is 547 g/mol. The van der Waals surface area contributed by atoms with E-state index in [0.717, 1.165) is 28.9 Å². The molecule has 7 heteroatoms. The quantitative estimate of drug-likeness (QED) is 0.136. The lowest BCUT2D eigenvalue weighted by molar-refractivity contribution is -0.143. The minimum Gasteiger partial charge on any atom is -0.478 e. The molecular weight excluding hydrogens is 512 g/mol. The summed E-state index contributed by atoms with van der Waals surface area (Å²) in [6.07, 6.45) is 2.03. The van der Waals surface area contributed by atoms with Crippen LogP contribution < -0.4 is 4.74 Å². The maximum absolute atomic E-state index is 11.7. The number of para-hydroxylation sites is 1. The van der Waals surface area contributed by atoms with Crippen LogP contribution in [0, 0.1) is 0 Å². The Labute approximate surface area is 233 Å².